The molecule has 0 fully saturated rings. The number of nitrogens with zero attached hydrogens (tertiary/aromatic N) is 7. The van der Waals surface area contributed by atoms with E-state index in [4.69, 9.17) is 16.3 Å². The van der Waals surface area contributed by atoms with Gasteiger partial charge in [0.2, 0.25) is 17.6 Å². The number of ether oxygens (including phenoxy) is 1. The Morgan fingerprint density at radius 1 is 1.10 bits per heavy atom. The summed E-state index contributed by atoms with van der Waals surface area (Å²) in [5.74, 6) is -1.46. The number of hydrogen-bond donors (Lipinski definition) is 4. The van der Waals surface area contributed by atoms with Crippen molar-refractivity contribution in [1.29, 1.82) is 0 Å². The summed E-state index contributed by atoms with van der Waals surface area (Å²) < 4.78 is 9.16. The minimum absolute atomic E-state index is 0.00973. The molecule has 0 spiro atoms. The highest BCUT2D eigenvalue weighted by Gasteiger charge is 2.31. The Balaban J connectivity index is 1.38. The van der Waals surface area contributed by atoms with Crippen molar-refractivity contribution in [2.75, 3.05) is 26.2 Å². The van der Waals surface area contributed by atoms with Crippen molar-refractivity contribution in [3.63, 3.8) is 0 Å². The molecule has 0 unspecified atom stereocenters. The van der Waals surface area contributed by atoms with E-state index in [-0.39, 0.29) is 54.2 Å². The van der Waals surface area contributed by atoms with Gasteiger partial charge in [0.15, 0.2) is 0 Å². The lowest BCUT2D eigenvalue weighted by molar-refractivity contribution is -0.131. The van der Waals surface area contributed by atoms with Gasteiger partial charge in [-0.25, -0.2) is 9.97 Å². The monoisotopic (exact) mass is 708 g/mol. The van der Waals surface area contributed by atoms with Crippen molar-refractivity contribution < 1.29 is 29.0 Å². The number of rotatable bonds is 4. The molecule has 1 aromatic carbocycles. The number of aliphatic hydroxyl groups is 1. The second kappa shape index (κ2) is 16.5. The van der Waals surface area contributed by atoms with E-state index in [1.165, 1.54) is 19.1 Å². The van der Waals surface area contributed by atoms with Gasteiger partial charge in [-0.15, -0.1) is 5.10 Å². The Morgan fingerprint density at radius 3 is 2.66 bits per heavy atom. The maximum Gasteiger partial charge on any atom is 0.274 e. The summed E-state index contributed by atoms with van der Waals surface area (Å²) in [5.41, 5.74) is 1.02. The molecule has 4 amide bonds. The minimum Gasteiger partial charge on any atom is -0.492 e. The van der Waals surface area contributed by atoms with Crippen LogP contribution in [-0.2, 0) is 22.6 Å². The number of halogens is 1. The molecule has 0 saturated heterocycles. The van der Waals surface area contributed by atoms with Crippen molar-refractivity contribution in [2.45, 2.75) is 64.8 Å². The average Bonchev–Trinajstić information content (AvgIpc) is 3.73. The zero-order chi connectivity index (χ0) is 35.8. The van der Waals surface area contributed by atoms with Crippen LogP contribution in [0.4, 0.5) is 0 Å². The number of fused-ring (bicyclic) bond motifs is 18. The zero-order valence-corrected chi connectivity index (χ0v) is 28.8. The number of hydrogen-bond acceptors (Lipinski definition) is 10. The van der Waals surface area contributed by atoms with E-state index in [0.717, 1.165) is 0 Å². The molecular formula is C33H41ClN10O6. The molecule has 2 aliphatic rings. The summed E-state index contributed by atoms with van der Waals surface area (Å²) in [6.07, 6.45) is 6.70. The van der Waals surface area contributed by atoms with Crippen LogP contribution in [0.25, 0.3) is 5.78 Å². The summed E-state index contributed by atoms with van der Waals surface area (Å²) in [6.45, 7) is 6.44. The molecule has 4 aromatic rings. The van der Waals surface area contributed by atoms with Crippen molar-refractivity contribution in [1.82, 2.24) is 50.2 Å². The van der Waals surface area contributed by atoms with Crippen LogP contribution in [0.5, 0.6) is 5.75 Å². The largest absolute Gasteiger partial charge is 0.492 e. The highest BCUT2D eigenvalue weighted by Crippen LogP contribution is 2.26. The normalized spacial score (nSPS) is 19.3. The third-order valence-electron chi connectivity index (χ3n) is 8.02. The van der Waals surface area contributed by atoms with Crippen LogP contribution in [0.15, 0.2) is 49.1 Å². The van der Waals surface area contributed by atoms with E-state index in [9.17, 15) is 24.3 Å². The average molecular weight is 709 g/mol. The number of nitrogens with one attached hydrogen (secondary N) is 3. The van der Waals surface area contributed by atoms with E-state index in [1.54, 1.807) is 50.9 Å². The maximum absolute atomic E-state index is 13.7. The Hall–Kier alpha value is -5.09. The number of imidazole rings is 1. The summed E-state index contributed by atoms with van der Waals surface area (Å²) in [4.78, 5) is 63.8. The molecule has 16 nitrogen and oxygen atoms in total. The van der Waals surface area contributed by atoms with Gasteiger partial charge in [-0.05, 0) is 43.5 Å². The van der Waals surface area contributed by atoms with Gasteiger partial charge < -0.3 is 30.7 Å². The maximum atomic E-state index is 13.7. The molecule has 4 bridgehead atoms. The van der Waals surface area contributed by atoms with Crippen LogP contribution >= 0.6 is 11.6 Å². The molecule has 3 atom stereocenters. The molecule has 0 aliphatic carbocycles. The minimum atomic E-state index is -1.37. The van der Waals surface area contributed by atoms with Crippen molar-refractivity contribution >= 4 is 41.0 Å². The van der Waals surface area contributed by atoms with Crippen LogP contribution in [0, 0.1) is 5.92 Å². The fourth-order valence-corrected chi connectivity index (χ4v) is 5.66. The Bertz CT molecular complexity index is 1790. The molecule has 3 aromatic heterocycles. The Kier molecular flexibility index (Phi) is 12.0. The van der Waals surface area contributed by atoms with Crippen LogP contribution in [0.3, 0.4) is 0 Å². The first-order valence-electron chi connectivity index (χ1n) is 16.5. The van der Waals surface area contributed by atoms with Gasteiger partial charge in [0, 0.05) is 69.4 Å². The second-order valence-electron chi connectivity index (χ2n) is 12.5. The Labute approximate surface area is 293 Å². The van der Waals surface area contributed by atoms with Gasteiger partial charge >= 0.3 is 0 Å². The van der Waals surface area contributed by atoms with Crippen molar-refractivity contribution in [2.24, 2.45) is 5.92 Å². The van der Waals surface area contributed by atoms with Gasteiger partial charge in [-0.3, -0.25) is 28.3 Å². The quantitative estimate of drug-likeness (QED) is 0.224. The van der Waals surface area contributed by atoms with Gasteiger partial charge in [-0.2, -0.15) is 0 Å². The lowest BCUT2D eigenvalue weighted by Gasteiger charge is -2.26. The third-order valence-corrected chi connectivity index (χ3v) is 8.32. The number of carbonyl (C=O) groups is 4. The van der Waals surface area contributed by atoms with Crippen LogP contribution < -0.4 is 20.7 Å². The molecule has 0 saturated carbocycles. The van der Waals surface area contributed by atoms with Gasteiger partial charge in [0.05, 0.1) is 23.4 Å². The summed E-state index contributed by atoms with van der Waals surface area (Å²) in [6, 6.07) is 3.86. The SMILES string of the molecule is CC(C)C[C@H]1NC(=O)[C@H]([C@@H](C)O)NC(=O)c2ccc(c(Cl)c2)OCCCn2cc(nn2)CCN(C(=O)c2cn3cccnc3n2)CCNC1=O. The van der Waals surface area contributed by atoms with Gasteiger partial charge in [0.25, 0.3) is 11.8 Å². The Morgan fingerprint density at radius 2 is 1.92 bits per heavy atom. The number of benzene rings is 1. The van der Waals surface area contributed by atoms with E-state index >= 15 is 0 Å². The number of aromatic nitrogens is 6. The smallest absolute Gasteiger partial charge is 0.274 e. The van der Waals surface area contributed by atoms with Crippen molar-refractivity contribution in [3.8, 4) is 5.75 Å². The lowest BCUT2D eigenvalue weighted by atomic mass is 10.0. The van der Waals surface area contributed by atoms with Gasteiger partial charge in [0.1, 0.15) is 23.5 Å². The van der Waals surface area contributed by atoms with Crippen molar-refractivity contribution in [3.05, 3.63) is 71.0 Å². The number of aliphatic hydroxyl groups excluding tert-OH is 1. The fourth-order valence-electron chi connectivity index (χ4n) is 5.42. The van der Waals surface area contributed by atoms with Crippen LogP contribution in [0.1, 0.15) is 60.2 Å². The topological polar surface area (TPSA) is 198 Å². The second-order valence-corrected chi connectivity index (χ2v) is 12.9. The molecule has 4 N–H and O–H groups in total. The zero-order valence-electron chi connectivity index (χ0n) is 28.1. The highest BCUT2D eigenvalue weighted by molar-refractivity contribution is 6.32. The summed E-state index contributed by atoms with van der Waals surface area (Å²) in [7, 11) is 0. The summed E-state index contributed by atoms with van der Waals surface area (Å²) in [5, 5.41) is 27.2. The van der Waals surface area contributed by atoms with Crippen LogP contribution in [-0.4, -0.2) is 107 Å². The predicted molar refractivity (Wildman–Crippen MR) is 182 cm³/mol. The molecular weight excluding hydrogens is 668 g/mol. The van der Waals surface area contributed by atoms with Gasteiger partial charge in [-0.1, -0.05) is 30.7 Å². The molecule has 6 rings (SSSR count). The van der Waals surface area contributed by atoms with E-state index < -0.39 is 35.9 Å². The standard InChI is InChI=1S/C33H41ClN10O6/c1-20(2)16-25-30(47)35-10-14-42(32(49)26-19-43-11-4-9-36-33(43)38-26)13-8-23-18-44(41-40-23)12-5-15-50-27-7-6-22(17-24(27)34)29(46)39-28(21(3)45)31(48)37-25/h4,6-7,9,11,17-21,25,28,45H,5,8,10,12-16H2,1-3H3,(H,35,47)(H,37,48)(H,39,46)/t21-,25-,28+/m1/s1. The first-order valence-corrected chi connectivity index (χ1v) is 16.8. The van der Waals surface area contributed by atoms with E-state index in [2.05, 4.69) is 36.2 Å². The third kappa shape index (κ3) is 9.32. The summed E-state index contributed by atoms with van der Waals surface area (Å²) >= 11 is 6.41. The molecule has 2 aliphatic heterocycles. The molecule has 0 radical (unpaired) electrons. The molecule has 50 heavy (non-hydrogen) atoms. The number of amides is 4. The first-order chi connectivity index (χ1) is 24.0. The highest BCUT2D eigenvalue weighted by atomic mass is 35.5. The van der Waals surface area contributed by atoms with E-state index in [1.807, 2.05) is 13.8 Å². The number of carbonyl (C=O) groups excluding carboxylic acids is 4. The molecule has 266 valence electrons. The number of aryl methyl sites for hydroxylation is 1. The fraction of sp³-hybridized carbons (Fsp3) is 0.455. The predicted octanol–water partition coefficient (Wildman–Crippen LogP) is 1.27. The molecule has 5 heterocycles. The van der Waals surface area contributed by atoms with E-state index in [0.29, 0.717) is 43.2 Å². The lowest BCUT2D eigenvalue weighted by Crippen LogP contribution is -2.57. The first kappa shape index (κ1) is 36.2. The molecule has 17 heteroatoms. The van der Waals surface area contributed by atoms with Crippen LogP contribution in [0.2, 0.25) is 5.02 Å².